The number of aryl methyl sites for hydroxylation is 2. The van der Waals surface area contributed by atoms with E-state index < -0.39 is 0 Å². The third-order valence-electron chi connectivity index (χ3n) is 5.11. The molecule has 29 heavy (non-hydrogen) atoms. The maximum absolute atomic E-state index is 12.6. The number of hydrogen-bond donors (Lipinski definition) is 1. The lowest BCUT2D eigenvalue weighted by Crippen LogP contribution is -2.22. The van der Waals surface area contributed by atoms with E-state index in [-0.39, 0.29) is 5.91 Å². The van der Waals surface area contributed by atoms with Gasteiger partial charge in [0.2, 0.25) is 0 Å². The summed E-state index contributed by atoms with van der Waals surface area (Å²) in [5, 5.41) is 11.3. The fourth-order valence-electron chi connectivity index (χ4n) is 3.70. The predicted molar refractivity (Wildman–Crippen MR) is 103 cm³/mol. The fraction of sp³-hybridized carbons (Fsp3) is 0.238. The van der Waals surface area contributed by atoms with E-state index in [9.17, 15) is 4.79 Å². The van der Waals surface area contributed by atoms with Crippen molar-refractivity contribution in [2.75, 3.05) is 0 Å². The highest BCUT2D eigenvalue weighted by Gasteiger charge is 2.29. The Hall–Kier alpha value is -3.68. The quantitative estimate of drug-likeness (QED) is 0.563. The number of fused-ring (bicyclic) bond motifs is 3. The third-order valence-corrected chi connectivity index (χ3v) is 5.11. The van der Waals surface area contributed by atoms with Crippen LogP contribution in [0.25, 0.3) is 11.3 Å². The van der Waals surface area contributed by atoms with Crippen LogP contribution in [-0.4, -0.2) is 25.8 Å². The van der Waals surface area contributed by atoms with Crippen molar-refractivity contribution in [2.45, 2.75) is 32.9 Å². The summed E-state index contributed by atoms with van der Waals surface area (Å²) in [6, 6.07) is 5.84. The molecule has 1 aliphatic rings. The van der Waals surface area contributed by atoms with Gasteiger partial charge in [-0.15, -0.1) is 0 Å². The average Bonchev–Trinajstić information content (AvgIpc) is 3.45. The molecule has 0 spiro atoms. The van der Waals surface area contributed by atoms with Crippen LogP contribution in [0, 0.1) is 6.92 Å². The van der Waals surface area contributed by atoms with Gasteiger partial charge >= 0.3 is 0 Å². The molecule has 4 aromatic heterocycles. The predicted octanol–water partition coefficient (Wildman–Crippen LogP) is 2.91. The van der Waals surface area contributed by atoms with Gasteiger partial charge in [0, 0.05) is 42.0 Å². The zero-order chi connectivity index (χ0) is 19.8. The number of rotatable bonds is 5. The van der Waals surface area contributed by atoms with Crippen LogP contribution in [0.2, 0.25) is 0 Å². The molecule has 146 valence electrons. The molecule has 5 rings (SSSR count). The molecule has 4 aromatic rings. The van der Waals surface area contributed by atoms with Gasteiger partial charge in [0.1, 0.15) is 12.0 Å². The van der Waals surface area contributed by atoms with Crippen molar-refractivity contribution in [3.8, 4) is 11.3 Å². The fourth-order valence-corrected chi connectivity index (χ4v) is 3.70. The van der Waals surface area contributed by atoms with Crippen molar-refractivity contribution in [3.05, 3.63) is 77.0 Å². The van der Waals surface area contributed by atoms with Crippen LogP contribution < -0.4 is 5.32 Å². The Kier molecular flexibility index (Phi) is 4.23. The lowest BCUT2D eigenvalue weighted by molar-refractivity contribution is 0.0920. The van der Waals surface area contributed by atoms with Crippen molar-refractivity contribution >= 4 is 5.91 Å². The standard InChI is InChI=1S/C21H19N5O3/c1-13-18-17(29-20(13)21(27)23-8-14-9-24-28-12-14)6-5-15-10-26(25-19(15)18)11-16-4-2-3-7-22-16/h2-4,7,9-10,12H,5-6,8,11H2,1H3,(H,23,27). The van der Waals surface area contributed by atoms with Gasteiger partial charge in [-0.2, -0.15) is 5.10 Å². The topological polar surface area (TPSA) is 99.0 Å². The van der Waals surface area contributed by atoms with Crippen molar-refractivity contribution in [3.63, 3.8) is 0 Å². The number of carbonyl (C=O) groups is 1. The Morgan fingerprint density at radius 3 is 3.03 bits per heavy atom. The number of furan rings is 1. The second-order valence-corrected chi connectivity index (χ2v) is 7.09. The van der Waals surface area contributed by atoms with E-state index in [4.69, 9.17) is 14.0 Å². The number of nitrogens with one attached hydrogen (secondary N) is 1. The summed E-state index contributed by atoms with van der Waals surface area (Å²) < 4.78 is 12.6. The first-order valence-corrected chi connectivity index (χ1v) is 9.44. The van der Waals surface area contributed by atoms with Gasteiger partial charge in [0.15, 0.2) is 5.76 Å². The minimum absolute atomic E-state index is 0.257. The molecule has 0 radical (unpaired) electrons. The van der Waals surface area contributed by atoms with E-state index in [1.807, 2.05) is 29.8 Å². The van der Waals surface area contributed by atoms with Crippen molar-refractivity contribution in [1.29, 1.82) is 0 Å². The van der Waals surface area contributed by atoms with Crippen LogP contribution in [0.15, 0.2) is 52.0 Å². The highest BCUT2D eigenvalue weighted by atomic mass is 16.5. The average molecular weight is 389 g/mol. The van der Waals surface area contributed by atoms with E-state index in [0.29, 0.717) is 18.8 Å². The second kappa shape index (κ2) is 7.05. The molecule has 0 atom stereocenters. The van der Waals surface area contributed by atoms with E-state index in [1.54, 1.807) is 12.4 Å². The number of aromatic nitrogens is 4. The summed E-state index contributed by atoms with van der Waals surface area (Å²) in [7, 11) is 0. The Balaban J connectivity index is 1.41. The normalized spacial score (nSPS) is 12.4. The zero-order valence-electron chi connectivity index (χ0n) is 15.9. The first-order valence-electron chi connectivity index (χ1n) is 9.44. The summed E-state index contributed by atoms with van der Waals surface area (Å²) >= 11 is 0. The molecule has 8 nitrogen and oxygen atoms in total. The minimum atomic E-state index is -0.257. The molecule has 0 aromatic carbocycles. The largest absolute Gasteiger partial charge is 0.455 e. The zero-order valence-corrected chi connectivity index (χ0v) is 15.9. The van der Waals surface area contributed by atoms with E-state index >= 15 is 0 Å². The monoisotopic (exact) mass is 389 g/mol. The van der Waals surface area contributed by atoms with Crippen molar-refractivity contribution < 1.29 is 13.7 Å². The molecule has 1 N–H and O–H groups in total. The van der Waals surface area contributed by atoms with Gasteiger partial charge in [-0.05, 0) is 31.0 Å². The lowest BCUT2D eigenvalue weighted by Gasteiger charge is -2.09. The molecule has 1 aliphatic carbocycles. The smallest absolute Gasteiger partial charge is 0.287 e. The first-order chi connectivity index (χ1) is 14.2. The molecule has 8 heteroatoms. The van der Waals surface area contributed by atoms with Gasteiger partial charge in [-0.1, -0.05) is 11.2 Å². The lowest BCUT2D eigenvalue weighted by atomic mass is 9.93. The second-order valence-electron chi connectivity index (χ2n) is 7.09. The maximum atomic E-state index is 12.6. The highest BCUT2D eigenvalue weighted by Crippen LogP contribution is 2.38. The number of hydrogen-bond acceptors (Lipinski definition) is 6. The van der Waals surface area contributed by atoms with E-state index in [0.717, 1.165) is 52.2 Å². The molecule has 4 heterocycles. The van der Waals surface area contributed by atoms with Crippen LogP contribution in [0.5, 0.6) is 0 Å². The van der Waals surface area contributed by atoms with Crippen LogP contribution >= 0.6 is 0 Å². The molecule has 0 unspecified atom stereocenters. The Bertz CT molecular complexity index is 1160. The summed E-state index contributed by atoms with van der Waals surface area (Å²) in [5.74, 6) is 0.888. The summed E-state index contributed by atoms with van der Waals surface area (Å²) in [4.78, 5) is 17.0. The SMILES string of the molecule is Cc1c(C(=O)NCc2cnoc2)oc2c1-c1nn(Cc3ccccn3)cc1CC2. The van der Waals surface area contributed by atoms with Gasteiger partial charge in [0.25, 0.3) is 5.91 Å². The van der Waals surface area contributed by atoms with Crippen molar-refractivity contribution in [1.82, 2.24) is 25.2 Å². The van der Waals surface area contributed by atoms with Gasteiger partial charge in [-0.25, -0.2) is 0 Å². The van der Waals surface area contributed by atoms with Crippen LogP contribution in [0.3, 0.4) is 0 Å². The molecule has 0 fully saturated rings. The van der Waals surface area contributed by atoms with Gasteiger partial charge in [-0.3, -0.25) is 14.5 Å². The number of amides is 1. The summed E-state index contributed by atoms with van der Waals surface area (Å²) in [5.41, 5.74) is 5.54. The van der Waals surface area contributed by atoms with E-state index in [2.05, 4.69) is 21.7 Å². The highest BCUT2D eigenvalue weighted by molar-refractivity contribution is 5.95. The molecule has 0 aliphatic heterocycles. The summed E-state index contributed by atoms with van der Waals surface area (Å²) in [6.07, 6.45) is 8.49. The summed E-state index contributed by atoms with van der Waals surface area (Å²) in [6.45, 7) is 2.84. The first kappa shape index (κ1) is 17.4. The van der Waals surface area contributed by atoms with E-state index in [1.165, 1.54) is 6.26 Å². The molecule has 0 saturated heterocycles. The number of pyridine rings is 1. The molecular formula is C21H19N5O3. The molecular weight excluding hydrogens is 370 g/mol. The minimum Gasteiger partial charge on any atom is -0.455 e. The molecule has 1 amide bonds. The maximum Gasteiger partial charge on any atom is 0.287 e. The van der Waals surface area contributed by atoms with Crippen LogP contribution in [0.4, 0.5) is 0 Å². The molecule has 0 saturated carbocycles. The number of nitrogens with zero attached hydrogens (tertiary/aromatic N) is 4. The Morgan fingerprint density at radius 1 is 1.31 bits per heavy atom. The molecule has 0 bridgehead atoms. The third kappa shape index (κ3) is 3.22. The van der Waals surface area contributed by atoms with Crippen LogP contribution in [0.1, 0.15) is 38.7 Å². The number of carbonyl (C=O) groups excluding carboxylic acids is 1. The van der Waals surface area contributed by atoms with Gasteiger partial charge in [0.05, 0.1) is 24.1 Å². The Morgan fingerprint density at radius 2 is 2.24 bits per heavy atom. The van der Waals surface area contributed by atoms with Crippen molar-refractivity contribution in [2.24, 2.45) is 0 Å². The van der Waals surface area contributed by atoms with Gasteiger partial charge < -0.3 is 14.3 Å². The Labute approximate surface area is 166 Å². The van der Waals surface area contributed by atoms with Crippen LogP contribution in [-0.2, 0) is 25.9 Å².